The maximum atomic E-state index is 9.56. The van der Waals surface area contributed by atoms with E-state index in [0.717, 1.165) is 0 Å². The highest BCUT2D eigenvalue weighted by Gasteiger charge is 2.30. The van der Waals surface area contributed by atoms with Crippen molar-refractivity contribution in [2.75, 3.05) is 5.75 Å². The van der Waals surface area contributed by atoms with Gasteiger partial charge in [-0.15, -0.1) is 0 Å². The van der Waals surface area contributed by atoms with Gasteiger partial charge in [0, 0.05) is 5.54 Å². The Kier molecular flexibility index (Phi) is 5.88. The fourth-order valence-electron chi connectivity index (χ4n) is 0. The largest absolute Gasteiger partial charge is 0.389 e. The molecule has 0 aromatic carbocycles. The summed E-state index contributed by atoms with van der Waals surface area (Å²) in [6.07, 6.45) is 0. The highest BCUT2D eigenvalue weighted by Crippen LogP contribution is 2.16. The van der Waals surface area contributed by atoms with Gasteiger partial charge in [-0.2, -0.15) is 8.42 Å². The lowest BCUT2D eigenvalue weighted by Gasteiger charge is -2.32. The first-order valence-corrected chi connectivity index (χ1v) is 5.88. The van der Waals surface area contributed by atoms with E-state index in [4.69, 9.17) is 10.3 Å². The smallest absolute Gasteiger partial charge is 0.264 e. The Morgan fingerprint density at radius 2 is 1.36 bits per heavy atom. The Morgan fingerprint density at radius 1 is 1.21 bits per heavy atom. The van der Waals surface area contributed by atoms with Gasteiger partial charge in [-0.3, -0.25) is 4.55 Å². The predicted octanol–water partition coefficient (Wildman–Crippen LogP) is 0.389. The zero-order valence-corrected chi connectivity index (χ0v) is 10.2. The van der Waals surface area contributed by atoms with E-state index in [9.17, 15) is 13.5 Å². The molecule has 88 valence electrons. The van der Waals surface area contributed by atoms with E-state index >= 15 is 0 Å². The number of hydrogen-bond acceptors (Lipinski definition) is 4. The quantitative estimate of drug-likeness (QED) is 0.592. The molecule has 0 aliphatic heterocycles. The van der Waals surface area contributed by atoms with Crippen molar-refractivity contribution in [3.8, 4) is 0 Å². The molecular formula is C8H21NO4S. The van der Waals surface area contributed by atoms with Crippen LogP contribution < -0.4 is 5.73 Å². The SMILES string of the molecule is CC(C)(N)C(C)(C)O.CCS(=O)(=O)O. The van der Waals surface area contributed by atoms with Gasteiger partial charge >= 0.3 is 0 Å². The van der Waals surface area contributed by atoms with Gasteiger partial charge in [0.1, 0.15) is 0 Å². The first kappa shape index (κ1) is 16.3. The third-order valence-corrected chi connectivity index (χ3v) is 2.67. The minimum absolute atomic E-state index is 0.201. The number of hydrogen-bond donors (Lipinski definition) is 3. The Morgan fingerprint density at radius 3 is 1.36 bits per heavy atom. The van der Waals surface area contributed by atoms with E-state index < -0.39 is 21.3 Å². The van der Waals surface area contributed by atoms with E-state index in [1.54, 1.807) is 27.7 Å². The van der Waals surface area contributed by atoms with E-state index in [1.807, 2.05) is 0 Å². The van der Waals surface area contributed by atoms with E-state index in [1.165, 1.54) is 6.92 Å². The topological polar surface area (TPSA) is 101 Å². The molecule has 0 unspecified atom stereocenters. The second-order valence-electron chi connectivity index (χ2n) is 4.15. The normalized spacial score (nSPS) is 13.1. The summed E-state index contributed by atoms with van der Waals surface area (Å²) < 4.78 is 26.9. The second-order valence-corrected chi connectivity index (χ2v) is 5.89. The fraction of sp³-hybridized carbons (Fsp3) is 1.00. The van der Waals surface area contributed by atoms with Gasteiger partial charge in [0.15, 0.2) is 0 Å². The molecule has 0 spiro atoms. The lowest BCUT2D eigenvalue weighted by molar-refractivity contribution is 0.0144. The summed E-state index contributed by atoms with van der Waals surface area (Å²) >= 11 is 0. The molecule has 0 bridgehead atoms. The zero-order chi connectivity index (χ0) is 12.2. The van der Waals surface area contributed by atoms with E-state index in [2.05, 4.69) is 0 Å². The summed E-state index contributed by atoms with van der Waals surface area (Å²) in [5.41, 5.74) is 4.27. The zero-order valence-electron chi connectivity index (χ0n) is 9.40. The predicted molar refractivity (Wildman–Crippen MR) is 56.7 cm³/mol. The van der Waals surface area contributed by atoms with Crippen molar-refractivity contribution in [1.29, 1.82) is 0 Å². The van der Waals surface area contributed by atoms with Crippen LogP contribution >= 0.6 is 0 Å². The van der Waals surface area contributed by atoms with Crippen LogP contribution in [-0.2, 0) is 10.1 Å². The fourth-order valence-corrected chi connectivity index (χ4v) is 0. The summed E-state index contributed by atoms with van der Waals surface area (Å²) in [5, 5.41) is 9.23. The molecule has 0 rings (SSSR count). The summed E-state index contributed by atoms with van der Waals surface area (Å²) in [6.45, 7) is 8.37. The van der Waals surface area contributed by atoms with Crippen LogP contribution in [0.4, 0.5) is 0 Å². The minimum atomic E-state index is -3.66. The first-order valence-electron chi connectivity index (χ1n) is 4.27. The van der Waals surface area contributed by atoms with Crippen molar-refractivity contribution in [3.63, 3.8) is 0 Å². The maximum absolute atomic E-state index is 9.56. The van der Waals surface area contributed by atoms with Crippen LogP contribution in [0.25, 0.3) is 0 Å². The van der Waals surface area contributed by atoms with Crippen LogP contribution in [0.15, 0.2) is 0 Å². The molecule has 0 heterocycles. The van der Waals surface area contributed by atoms with Gasteiger partial charge < -0.3 is 10.8 Å². The van der Waals surface area contributed by atoms with Crippen LogP contribution in [0.3, 0.4) is 0 Å². The lowest BCUT2D eigenvalue weighted by Crippen LogP contribution is -2.52. The molecule has 0 atom stereocenters. The third kappa shape index (κ3) is 9.91. The van der Waals surface area contributed by atoms with Crippen LogP contribution in [-0.4, -0.2) is 35.0 Å². The van der Waals surface area contributed by atoms with Crippen molar-refractivity contribution < 1.29 is 18.1 Å². The summed E-state index contributed by atoms with van der Waals surface area (Å²) in [6, 6.07) is 0. The molecule has 0 radical (unpaired) electrons. The summed E-state index contributed by atoms with van der Waals surface area (Å²) in [4.78, 5) is 0. The first-order chi connectivity index (χ1) is 5.81. The molecule has 0 fully saturated rings. The van der Waals surface area contributed by atoms with Gasteiger partial charge in [-0.1, -0.05) is 0 Å². The molecule has 0 aromatic heterocycles. The van der Waals surface area contributed by atoms with Gasteiger partial charge in [0.05, 0.1) is 11.4 Å². The maximum Gasteiger partial charge on any atom is 0.264 e. The highest BCUT2D eigenvalue weighted by molar-refractivity contribution is 7.85. The van der Waals surface area contributed by atoms with Crippen LogP contribution in [0, 0.1) is 0 Å². The second kappa shape index (κ2) is 5.06. The van der Waals surface area contributed by atoms with Crippen molar-refractivity contribution in [3.05, 3.63) is 0 Å². The van der Waals surface area contributed by atoms with Gasteiger partial charge in [-0.25, -0.2) is 0 Å². The van der Waals surface area contributed by atoms with Crippen LogP contribution in [0.1, 0.15) is 34.6 Å². The van der Waals surface area contributed by atoms with Crippen molar-refractivity contribution in [2.24, 2.45) is 5.73 Å². The van der Waals surface area contributed by atoms with Crippen LogP contribution in [0.5, 0.6) is 0 Å². The Bertz CT molecular complexity index is 233. The summed E-state index contributed by atoms with van der Waals surface area (Å²) in [5.74, 6) is -0.201. The lowest BCUT2D eigenvalue weighted by atomic mass is 9.87. The molecule has 0 saturated heterocycles. The highest BCUT2D eigenvalue weighted by atomic mass is 32.2. The van der Waals surface area contributed by atoms with E-state index in [0.29, 0.717) is 0 Å². The molecule has 0 aromatic rings. The van der Waals surface area contributed by atoms with E-state index in [-0.39, 0.29) is 5.75 Å². The van der Waals surface area contributed by atoms with Crippen molar-refractivity contribution in [1.82, 2.24) is 0 Å². The van der Waals surface area contributed by atoms with Crippen molar-refractivity contribution in [2.45, 2.75) is 45.8 Å². The molecule has 0 aliphatic carbocycles. The minimum Gasteiger partial charge on any atom is -0.389 e. The Hall–Kier alpha value is -0.170. The van der Waals surface area contributed by atoms with Crippen molar-refractivity contribution >= 4 is 10.1 Å². The molecule has 0 amide bonds. The number of aliphatic hydroxyl groups is 1. The molecular weight excluding hydrogens is 206 g/mol. The van der Waals surface area contributed by atoms with Gasteiger partial charge in [-0.05, 0) is 34.6 Å². The Balaban J connectivity index is 0. The van der Waals surface area contributed by atoms with Gasteiger partial charge in [0.2, 0.25) is 0 Å². The van der Waals surface area contributed by atoms with Crippen LogP contribution in [0.2, 0.25) is 0 Å². The average molecular weight is 227 g/mol. The molecule has 5 nitrogen and oxygen atoms in total. The summed E-state index contributed by atoms with van der Waals surface area (Å²) in [7, 11) is -3.66. The number of nitrogens with two attached hydrogens (primary N) is 1. The van der Waals surface area contributed by atoms with Gasteiger partial charge in [0.25, 0.3) is 10.1 Å². The molecule has 6 heteroatoms. The standard InChI is InChI=1S/C6H15NO.C2H6O3S/c1-5(2,7)6(3,4)8;1-2-6(3,4)5/h8H,7H2,1-4H3;2H2,1H3,(H,3,4,5). The Labute approximate surface area is 86.1 Å². The molecule has 0 aliphatic rings. The molecule has 0 saturated carbocycles. The average Bonchev–Trinajstić information content (AvgIpc) is 1.82. The molecule has 14 heavy (non-hydrogen) atoms. The molecule has 4 N–H and O–H groups in total. The number of rotatable bonds is 2. The third-order valence-electron chi connectivity index (χ3n) is 1.94. The monoisotopic (exact) mass is 227 g/mol.